The number of carboxylic acids is 1. The summed E-state index contributed by atoms with van der Waals surface area (Å²) < 4.78 is 22.5. The zero-order chi connectivity index (χ0) is 50.6. The number of unbranched alkanes of at least 4 members (excludes halogenated alkanes) is 33. The monoisotopic (exact) mass is 974 g/mol. The Balaban J connectivity index is 3.77. The minimum atomic E-state index is -1.61. The normalized spacial score (nSPS) is 13.0. The van der Waals surface area contributed by atoms with Gasteiger partial charge in [0.25, 0.3) is 0 Å². The first kappa shape index (κ1) is 66.5. The number of quaternary nitrogens is 1. The van der Waals surface area contributed by atoms with Gasteiger partial charge in [0, 0.05) is 12.8 Å². The van der Waals surface area contributed by atoms with E-state index in [-0.39, 0.29) is 32.2 Å². The summed E-state index contributed by atoms with van der Waals surface area (Å²) in [6, 6.07) is 0. The lowest BCUT2D eigenvalue weighted by atomic mass is 10.0. The molecule has 0 N–H and O–H groups in total. The average Bonchev–Trinajstić information content (AvgIpc) is 3.31. The highest BCUT2D eigenvalue weighted by Crippen LogP contribution is 2.17. The van der Waals surface area contributed by atoms with Gasteiger partial charge in [-0.3, -0.25) is 9.59 Å². The van der Waals surface area contributed by atoms with E-state index in [1.807, 2.05) is 21.1 Å². The molecule has 0 heterocycles. The molecule has 2 atom stereocenters. The van der Waals surface area contributed by atoms with Crippen molar-refractivity contribution in [1.29, 1.82) is 0 Å². The van der Waals surface area contributed by atoms with Crippen LogP contribution in [0, 0.1) is 0 Å². The summed E-state index contributed by atoms with van der Waals surface area (Å²) in [6.07, 6.45) is 60.0. The molecule has 0 aromatic rings. The summed E-state index contributed by atoms with van der Waals surface area (Å²) in [5.74, 6) is -2.29. The second-order valence-corrected chi connectivity index (χ2v) is 20.9. The number of carboxylic acid groups (broad SMARTS) is 1. The van der Waals surface area contributed by atoms with Gasteiger partial charge in [-0.05, 0) is 51.4 Å². The maximum absolute atomic E-state index is 12.7. The molecule has 69 heavy (non-hydrogen) atoms. The zero-order valence-electron chi connectivity index (χ0n) is 45.9. The topological polar surface area (TPSA) is 111 Å². The molecule has 0 fully saturated rings. The summed E-state index contributed by atoms with van der Waals surface area (Å²) in [5.41, 5.74) is 0. The molecule has 2 unspecified atom stereocenters. The number of ether oxygens (including phenoxy) is 4. The van der Waals surface area contributed by atoms with Gasteiger partial charge in [0.1, 0.15) is 13.2 Å². The number of likely N-dealkylation sites (N-methyl/N-ethyl adjacent to an activating group) is 1. The van der Waals surface area contributed by atoms with Crippen molar-refractivity contribution in [2.24, 2.45) is 0 Å². The van der Waals surface area contributed by atoms with Crippen molar-refractivity contribution in [1.82, 2.24) is 0 Å². The van der Waals surface area contributed by atoms with E-state index in [4.69, 9.17) is 18.9 Å². The van der Waals surface area contributed by atoms with Crippen molar-refractivity contribution in [3.63, 3.8) is 0 Å². The Morgan fingerprint density at radius 3 is 1.16 bits per heavy atom. The van der Waals surface area contributed by atoms with Crippen molar-refractivity contribution in [2.75, 3.05) is 47.5 Å². The molecule has 0 saturated heterocycles. The van der Waals surface area contributed by atoms with Crippen LogP contribution < -0.4 is 5.11 Å². The van der Waals surface area contributed by atoms with Crippen LogP contribution >= 0.6 is 0 Å². The van der Waals surface area contributed by atoms with E-state index in [1.54, 1.807) is 0 Å². The fourth-order valence-corrected chi connectivity index (χ4v) is 8.37. The zero-order valence-corrected chi connectivity index (χ0v) is 45.9. The van der Waals surface area contributed by atoms with Gasteiger partial charge < -0.3 is 33.3 Å². The van der Waals surface area contributed by atoms with Crippen molar-refractivity contribution >= 4 is 17.9 Å². The van der Waals surface area contributed by atoms with Crippen LogP contribution in [0.5, 0.6) is 0 Å². The van der Waals surface area contributed by atoms with Crippen LogP contribution in [0.1, 0.15) is 271 Å². The first-order chi connectivity index (χ1) is 33.6. The Kier molecular flexibility index (Phi) is 50.0. The van der Waals surface area contributed by atoms with E-state index < -0.39 is 24.3 Å². The molecule has 0 aromatic heterocycles. The van der Waals surface area contributed by atoms with Crippen LogP contribution in [0.2, 0.25) is 0 Å². The maximum Gasteiger partial charge on any atom is 0.306 e. The summed E-state index contributed by atoms with van der Waals surface area (Å²) >= 11 is 0. The van der Waals surface area contributed by atoms with Gasteiger partial charge in [-0.15, -0.1) is 0 Å². The molecule has 9 nitrogen and oxygen atoms in total. The minimum absolute atomic E-state index is 0.150. The first-order valence-corrected chi connectivity index (χ1v) is 29.1. The number of carbonyl (C=O) groups excluding carboxylic acids is 3. The quantitative estimate of drug-likeness (QED) is 0.0195. The lowest BCUT2D eigenvalue weighted by Crippen LogP contribution is -2.44. The number of nitrogens with zero attached hydrogens (tertiary/aromatic N) is 1. The van der Waals surface area contributed by atoms with E-state index in [0.29, 0.717) is 17.4 Å². The molecule has 9 heteroatoms. The van der Waals surface area contributed by atoms with Gasteiger partial charge in [0.15, 0.2) is 12.4 Å². The summed E-state index contributed by atoms with van der Waals surface area (Å²) in [6.45, 7) is 4.66. The van der Waals surface area contributed by atoms with Gasteiger partial charge in [-0.25, -0.2) is 0 Å². The predicted molar refractivity (Wildman–Crippen MR) is 288 cm³/mol. The number of rotatable bonds is 54. The highest BCUT2D eigenvalue weighted by molar-refractivity contribution is 5.70. The van der Waals surface area contributed by atoms with Crippen LogP contribution in [0.3, 0.4) is 0 Å². The van der Waals surface area contributed by atoms with Gasteiger partial charge in [-0.2, -0.15) is 0 Å². The molecule has 404 valence electrons. The Morgan fingerprint density at radius 2 is 0.783 bits per heavy atom. The Hall–Kier alpha value is -2.49. The van der Waals surface area contributed by atoms with E-state index >= 15 is 0 Å². The SMILES string of the molecule is CCCCCCC/C=C\C/C=C\C/C=C\CCCCCCCCCCCCCCCCCCCCCCCCCCC(=O)OC(COC(=O)CCCCCCC)COC(OCC[N+](C)(C)C)C(=O)[O-]. The van der Waals surface area contributed by atoms with Crippen molar-refractivity contribution in [3.05, 3.63) is 36.5 Å². The van der Waals surface area contributed by atoms with Crippen molar-refractivity contribution < 1.29 is 42.9 Å². The maximum atomic E-state index is 12.7. The standard InChI is InChI=1S/C60H111NO8/c1-6-8-10-12-13-14-15-16-17-18-19-20-21-22-23-24-25-26-27-28-29-30-31-32-33-34-35-36-37-38-39-40-41-42-43-44-45-47-49-51-58(63)69-56(54-67-57(62)50-48-46-11-9-7-2)55-68-60(59(64)65)66-53-52-61(3,4)5/h15-16,18-19,21-22,56,60H,6-14,17,20,23-55H2,1-5H3/b16-15-,19-18-,22-21-. The molecule has 0 aliphatic carbocycles. The van der Waals surface area contributed by atoms with Crippen LogP contribution in [0.15, 0.2) is 36.5 Å². The van der Waals surface area contributed by atoms with E-state index in [0.717, 1.165) is 64.2 Å². The highest BCUT2D eigenvalue weighted by Gasteiger charge is 2.22. The number of carbonyl (C=O) groups is 3. The number of allylic oxidation sites excluding steroid dienone is 6. The van der Waals surface area contributed by atoms with Crippen LogP contribution in [0.25, 0.3) is 0 Å². The molecule has 0 spiro atoms. The number of aliphatic carboxylic acids is 1. The Morgan fingerprint density at radius 1 is 0.435 bits per heavy atom. The van der Waals surface area contributed by atoms with Crippen LogP contribution in [-0.4, -0.2) is 82.3 Å². The van der Waals surface area contributed by atoms with E-state index in [1.165, 1.54) is 180 Å². The molecule has 0 bridgehead atoms. The van der Waals surface area contributed by atoms with Crippen molar-refractivity contribution in [3.8, 4) is 0 Å². The number of hydrogen-bond acceptors (Lipinski definition) is 8. The third-order valence-corrected chi connectivity index (χ3v) is 12.9. The third-order valence-electron chi connectivity index (χ3n) is 12.9. The molecule has 0 aliphatic heterocycles. The second kappa shape index (κ2) is 51.9. The smallest absolute Gasteiger partial charge is 0.306 e. The highest BCUT2D eigenvalue weighted by atomic mass is 16.7. The molecule has 0 aromatic carbocycles. The minimum Gasteiger partial charge on any atom is -0.545 e. The number of esters is 2. The van der Waals surface area contributed by atoms with Gasteiger partial charge in [-0.1, -0.05) is 243 Å². The van der Waals surface area contributed by atoms with E-state index in [2.05, 4.69) is 50.3 Å². The Labute approximate surface area is 426 Å². The molecular weight excluding hydrogens is 863 g/mol. The third kappa shape index (κ3) is 53.1. The molecule has 0 radical (unpaired) electrons. The lowest BCUT2D eigenvalue weighted by molar-refractivity contribution is -0.870. The molecular formula is C60H111NO8. The summed E-state index contributed by atoms with van der Waals surface area (Å²) in [7, 11) is 5.91. The van der Waals surface area contributed by atoms with Crippen LogP contribution in [-0.2, 0) is 33.3 Å². The first-order valence-electron chi connectivity index (χ1n) is 29.1. The van der Waals surface area contributed by atoms with Gasteiger partial charge in [0.2, 0.25) is 0 Å². The molecule has 0 saturated carbocycles. The largest absolute Gasteiger partial charge is 0.545 e. The fourth-order valence-electron chi connectivity index (χ4n) is 8.37. The van der Waals surface area contributed by atoms with E-state index in [9.17, 15) is 19.5 Å². The molecule has 0 aliphatic rings. The second-order valence-electron chi connectivity index (χ2n) is 20.9. The summed E-state index contributed by atoms with van der Waals surface area (Å²) in [4.78, 5) is 36.8. The average molecular weight is 975 g/mol. The molecule has 0 rings (SSSR count). The van der Waals surface area contributed by atoms with Gasteiger partial charge in [0.05, 0.1) is 40.3 Å². The fraction of sp³-hybridized carbons (Fsp3) is 0.850. The Bertz CT molecular complexity index is 1230. The van der Waals surface area contributed by atoms with Gasteiger partial charge >= 0.3 is 11.9 Å². The lowest BCUT2D eigenvalue weighted by Gasteiger charge is -2.26. The van der Waals surface area contributed by atoms with Crippen molar-refractivity contribution in [2.45, 2.75) is 283 Å². The molecule has 0 amide bonds. The number of hydrogen-bond donors (Lipinski definition) is 0. The van der Waals surface area contributed by atoms with Crippen LogP contribution in [0.4, 0.5) is 0 Å². The predicted octanol–water partition coefficient (Wildman–Crippen LogP) is 15.6. The summed E-state index contributed by atoms with van der Waals surface area (Å²) in [5, 5.41) is 11.7.